The molecule has 1 saturated heterocycles. The second kappa shape index (κ2) is 12.9. The first-order chi connectivity index (χ1) is 13.9. The fraction of sp³-hybridized carbons (Fsp3) is 0.619. The molecule has 0 spiro atoms. The summed E-state index contributed by atoms with van der Waals surface area (Å²) in [5.41, 5.74) is 0.698. The summed E-state index contributed by atoms with van der Waals surface area (Å²) in [7, 11) is 1.87. The molecule has 170 valence electrons. The Kier molecular flexibility index (Phi) is 11.4. The molecule has 0 aromatic heterocycles. The summed E-state index contributed by atoms with van der Waals surface area (Å²) in [5.74, 6) is -0.541. The van der Waals surface area contributed by atoms with E-state index in [-0.39, 0.29) is 36.4 Å². The van der Waals surface area contributed by atoms with Gasteiger partial charge in [-0.3, -0.25) is 9.79 Å². The number of carbonyl (C=O) groups is 1. The molecule has 1 aromatic rings. The van der Waals surface area contributed by atoms with Crippen LogP contribution in [-0.4, -0.2) is 74.5 Å². The van der Waals surface area contributed by atoms with Gasteiger partial charge in [0.05, 0.1) is 6.54 Å². The molecule has 6 nitrogen and oxygen atoms in total. The molecule has 1 heterocycles. The normalized spacial score (nSPS) is 16.3. The number of halogens is 3. The third-order valence-electron chi connectivity index (χ3n) is 5.24. The number of amides is 1. The van der Waals surface area contributed by atoms with Crippen LogP contribution in [0.3, 0.4) is 0 Å². The fourth-order valence-corrected chi connectivity index (χ4v) is 3.54. The molecular weight excluding hydrogens is 503 g/mol. The molecule has 1 amide bonds. The number of carbonyl (C=O) groups excluding carboxylic acids is 1. The van der Waals surface area contributed by atoms with Crippen LogP contribution in [0.4, 0.5) is 14.5 Å². The highest BCUT2D eigenvalue weighted by Gasteiger charge is 2.24. The summed E-state index contributed by atoms with van der Waals surface area (Å²) >= 11 is 0. The van der Waals surface area contributed by atoms with Gasteiger partial charge in [-0.15, -0.1) is 24.0 Å². The Morgan fingerprint density at radius 2 is 1.93 bits per heavy atom. The van der Waals surface area contributed by atoms with E-state index in [9.17, 15) is 13.6 Å². The highest BCUT2D eigenvalue weighted by molar-refractivity contribution is 14.0. The average molecular weight is 537 g/mol. The third kappa shape index (κ3) is 7.24. The minimum absolute atomic E-state index is 0. The molecule has 9 heteroatoms. The minimum atomic E-state index is -0.827. The van der Waals surface area contributed by atoms with Gasteiger partial charge in [0.15, 0.2) is 17.6 Å². The van der Waals surface area contributed by atoms with Crippen molar-refractivity contribution in [2.45, 2.75) is 27.2 Å². The van der Waals surface area contributed by atoms with Crippen molar-refractivity contribution in [2.75, 3.05) is 57.8 Å². The second-order valence-electron chi connectivity index (χ2n) is 7.32. The number of guanidine groups is 1. The van der Waals surface area contributed by atoms with Crippen molar-refractivity contribution in [3.05, 3.63) is 29.8 Å². The lowest BCUT2D eigenvalue weighted by atomic mass is 10.1. The molecule has 0 bridgehead atoms. The first kappa shape index (κ1) is 26.4. The number of nitrogens with one attached hydrogen (secondary N) is 1. The van der Waals surface area contributed by atoms with E-state index in [0.717, 1.165) is 19.5 Å². The Hall–Kier alpha value is -1.65. The summed E-state index contributed by atoms with van der Waals surface area (Å²) in [6.45, 7) is 10.5. The molecule has 1 aromatic carbocycles. The largest absolute Gasteiger partial charge is 0.371 e. The van der Waals surface area contributed by atoms with Crippen LogP contribution < -0.4 is 10.2 Å². The highest BCUT2D eigenvalue weighted by atomic mass is 127. The molecule has 1 aliphatic heterocycles. The first-order valence-corrected chi connectivity index (χ1v) is 10.4. The third-order valence-corrected chi connectivity index (χ3v) is 5.24. The zero-order valence-corrected chi connectivity index (χ0v) is 20.7. The van der Waals surface area contributed by atoms with Crippen LogP contribution in [-0.2, 0) is 4.79 Å². The van der Waals surface area contributed by atoms with Gasteiger partial charge in [-0.2, -0.15) is 0 Å². The average Bonchev–Trinajstić information content (AvgIpc) is 3.17. The van der Waals surface area contributed by atoms with Crippen LogP contribution in [0.1, 0.15) is 27.2 Å². The highest BCUT2D eigenvalue weighted by Crippen LogP contribution is 2.25. The molecule has 0 saturated carbocycles. The number of anilines is 1. The quantitative estimate of drug-likeness (QED) is 0.315. The van der Waals surface area contributed by atoms with Crippen LogP contribution in [0.5, 0.6) is 0 Å². The van der Waals surface area contributed by atoms with Gasteiger partial charge >= 0.3 is 0 Å². The lowest BCUT2D eigenvalue weighted by Crippen LogP contribution is -2.45. The lowest BCUT2D eigenvalue weighted by Gasteiger charge is -2.26. The standard InChI is InChI=1S/C21H33F2N5O.HI/c1-5-24-21(26(4)15-20(29)27(6-2)7-3)25-13-16-10-11-28(14-16)17-8-9-18(22)19(23)12-17;/h8-9,12,16H,5-7,10-11,13-15H2,1-4H3,(H,24,25);1H. The Morgan fingerprint density at radius 3 is 2.53 bits per heavy atom. The summed E-state index contributed by atoms with van der Waals surface area (Å²) in [6.07, 6.45) is 0.935. The minimum Gasteiger partial charge on any atom is -0.371 e. The zero-order valence-electron chi connectivity index (χ0n) is 18.3. The molecule has 0 aliphatic carbocycles. The molecule has 1 N–H and O–H groups in total. The van der Waals surface area contributed by atoms with E-state index in [4.69, 9.17) is 4.99 Å². The number of hydrogen-bond donors (Lipinski definition) is 1. The predicted octanol–water partition coefficient (Wildman–Crippen LogP) is 3.17. The Bertz CT molecular complexity index is 715. The van der Waals surface area contributed by atoms with Crippen LogP contribution in [0.15, 0.2) is 23.2 Å². The number of nitrogens with zero attached hydrogens (tertiary/aromatic N) is 4. The summed E-state index contributed by atoms with van der Waals surface area (Å²) in [5, 5.41) is 3.24. The van der Waals surface area contributed by atoms with Gasteiger partial charge in [0.1, 0.15) is 0 Å². The van der Waals surface area contributed by atoms with Gasteiger partial charge in [0.2, 0.25) is 5.91 Å². The van der Waals surface area contributed by atoms with Crippen molar-refractivity contribution in [3.63, 3.8) is 0 Å². The maximum atomic E-state index is 13.5. The molecule has 1 unspecified atom stereocenters. The molecular formula is C21H34F2IN5O. The van der Waals surface area contributed by atoms with Crippen molar-refractivity contribution in [2.24, 2.45) is 10.9 Å². The SMILES string of the molecule is CCNC(=NCC1CCN(c2ccc(F)c(F)c2)C1)N(C)CC(=O)N(CC)CC.I. The Labute approximate surface area is 195 Å². The van der Waals surface area contributed by atoms with Gasteiger partial charge in [0, 0.05) is 58.1 Å². The van der Waals surface area contributed by atoms with Gasteiger partial charge in [0.25, 0.3) is 0 Å². The molecule has 2 rings (SSSR count). The number of hydrogen-bond acceptors (Lipinski definition) is 3. The lowest BCUT2D eigenvalue weighted by molar-refractivity contribution is -0.131. The van der Waals surface area contributed by atoms with E-state index in [1.54, 1.807) is 11.0 Å². The van der Waals surface area contributed by atoms with E-state index in [1.807, 2.05) is 32.7 Å². The van der Waals surface area contributed by atoms with Crippen molar-refractivity contribution in [1.82, 2.24) is 15.1 Å². The van der Waals surface area contributed by atoms with Crippen LogP contribution >= 0.6 is 24.0 Å². The van der Waals surface area contributed by atoms with Crippen molar-refractivity contribution in [3.8, 4) is 0 Å². The maximum Gasteiger partial charge on any atom is 0.242 e. The topological polar surface area (TPSA) is 51.2 Å². The van der Waals surface area contributed by atoms with Gasteiger partial charge in [-0.25, -0.2) is 8.78 Å². The van der Waals surface area contributed by atoms with Crippen LogP contribution in [0.2, 0.25) is 0 Å². The monoisotopic (exact) mass is 537 g/mol. The van der Waals surface area contributed by atoms with Crippen LogP contribution in [0.25, 0.3) is 0 Å². The van der Waals surface area contributed by atoms with Crippen molar-refractivity contribution in [1.29, 1.82) is 0 Å². The predicted molar refractivity (Wildman–Crippen MR) is 129 cm³/mol. The summed E-state index contributed by atoms with van der Waals surface area (Å²) < 4.78 is 26.7. The van der Waals surface area contributed by atoms with E-state index in [0.29, 0.717) is 43.7 Å². The molecule has 0 radical (unpaired) electrons. The number of aliphatic imine (C=N–C) groups is 1. The molecule has 1 fully saturated rings. The second-order valence-corrected chi connectivity index (χ2v) is 7.32. The smallest absolute Gasteiger partial charge is 0.242 e. The zero-order chi connectivity index (χ0) is 21.4. The number of rotatable bonds is 8. The molecule has 30 heavy (non-hydrogen) atoms. The number of benzene rings is 1. The Morgan fingerprint density at radius 1 is 1.23 bits per heavy atom. The summed E-state index contributed by atoms with van der Waals surface area (Å²) in [6, 6.07) is 4.03. The summed E-state index contributed by atoms with van der Waals surface area (Å²) in [4.78, 5) is 22.8. The van der Waals surface area contributed by atoms with Gasteiger partial charge < -0.3 is 20.0 Å². The van der Waals surface area contributed by atoms with Gasteiger partial charge in [-0.05, 0) is 45.2 Å². The van der Waals surface area contributed by atoms with E-state index in [2.05, 4.69) is 10.2 Å². The van der Waals surface area contributed by atoms with Crippen molar-refractivity contribution >= 4 is 41.5 Å². The molecule has 1 atom stereocenters. The fourth-order valence-electron chi connectivity index (χ4n) is 3.54. The van der Waals surface area contributed by atoms with E-state index in [1.165, 1.54) is 12.1 Å². The van der Waals surface area contributed by atoms with Gasteiger partial charge in [-0.1, -0.05) is 0 Å². The Balaban J connectivity index is 0.00000450. The van der Waals surface area contributed by atoms with Crippen molar-refractivity contribution < 1.29 is 13.6 Å². The van der Waals surface area contributed by atoms with E-state index >= 15 is 0 Å². The number of likely N-dealkylation sites (N-methyl/N-ethyl adjacent to an activating group) is 2. The molecule has 1 aliphatic rings. The van der Waals surface area contributed by atoms with E-state index < -0.39 is 11.6 Å². The maximum absolute atomic E-state index is 13.5. The first-order valence-electron chi connectivity index (χ1n) is 10.4. The van der Waals surface area contributed by atoms with Crippen LogP contribution in [0, 0.1) is 17.6 Å².